The Morgan fingerprint density at radius 2 is 1.88 bits per heavy atom. The van der Waals surface area contributed by atoms with Crippen LogP contribution >= 0.6 is 0 Å². The third-order valence-electron chi connectivity index (χ3n) is 5.39. The van der Waals surface area contributed by atoms with Crippen LogP contribution in [0.3, 0.4) is 0 Å². The molecule has 2 aromatic rings. The lowest BCUT2D eigenvalue weighted by molar-refractivity contribution is -0.134. The molecule has 2 N–H and O–H groups in total. The van der Waals surface area contributed by atoms with Crippen molar-refractivity contribution in [1.82, 2.24) is 15.5 Å². The van der Waals surface area contributed by atoms with Crippen LogP contribution in [0.25, 0.3) is 0 Å². The second kappa shape index (κ2) is 8.45. The van der Waals surface area contributed by atoms with Crippen molar-refractivity contribution >= 4 is 17.8 Å². The summed E-state index contributed by atoms with van der Waals surface area (Å²) in [5, 5.41) is 5.00. The molecule has 168 valence electrons. The molecular weight excluding hydrogens is 424 g/mol. The lowest BCUT2D eigenvalue weighted by Gasteiger charge is -2.22. The van der Waals surface area contributed by atoms with Gasteiger partial charge in [0.2, 0.25) is 5.91 Å². The zero-order chi connectivity index (χ0) is 22.9. The standard InChI is InChI=1S/C22H21F2N3O5/c1-22(15-11-14(23)3-4-16(15)24)20(29)27(21(30)26-22)12-19(28)25-7-6-13-2-5-17-18(10-13)32-9-8-31-17/h2-5,10-11H,6-9,12H2,1H3,(H,25,28)(H,26,30). The zero-order valence-corrected chi connectivity index (χ0v) is 17.2. The molecule has 0 saturated carbocycles. The number of hydrogen-bond acceptors (Lipinski definition) is 5. The summed E-state index contributed by atoms with van der Waals surface area (Å²) in [7, 11) is 0. The van der Waals surface area contributed by atoms with E-state index >= 15 is 0 Å². The SMILES string of the molecule is CC1(c2cc(F)ccc2F)NC(=O)N(CC(=O)NCCc2ccc3c(c2)OCCO3)C1=O. The number of benzene rings is 2. The Kier molecular flexibility index (Phi) is 5.68. The number of ether oxygens (including phenoxy) is 2. The van der Waals surface area contributed by atoms with E-state index in [0.717, 1.165) is 23.8 Å². The summed E-state index contributed by atoms with van der Waals surface area (Å²) in [6, 6.07) is 7.27. The largest absolute Gasteiger partial charge is 0.486 e. The van der Waals surface area contributed by atoms with Crippen molar-refractivity contribution in [2.45, 2.75) is 18.9 Å². The van der Waals surface area contributed by atoms with Gasteiger partial charge in [-0.1, -0.05) is 6.07 Å². The smallest absolute Gasteiger partial charge is 0.325 e. The summed E-state index contributed by atoms with van der Waals surface area (Å²) in [5.41, 5.74) is -1.20. The number of urea groups is 1. The number of amides is 4. The third-order valence-corrected chi connectivity index (χ3v) is 5.39. The number of imide groups is 1. The fraction of sp³-hybridized carbons (Fsp3) is 0.318. The van der Waals surface area contributed by atoms with Crippen molar-refractivity contribution in [2.24, 2.45) is 0 Å². The third kappa shape index (κ3) is 4.08. The second-order valence-electron chi connectivity index (χ2n) is 7.65. The van der Waals surface area contributed by atoms with E-state index in [1.807, 2.05) is 12.1 Å². The first-order valence-corrected chi connectivity index (χ1v) is 10.0. The molecule has 1 atom stereocenters. The molecule has 0 radical (unpaired) electrons. The number of rotatable bonds is 6. The first-order valence-electron chi connectivity index (χ1n) is 10.0. The number of nitrogens with zero attached hydrogens (tertiary/aromatic N) is 1. The number of nitrogens with one attached hydrogen (secondary N) is 2. The number of carbonyl (C=O) groups is 3. The van der Waals surface area contributed by atoms with Gasteiger partial charge in [0.1, 0.15) is 36.9 Å². The van der Waals surface area contributed by atoms with Crippen molar-refractivity contribution in [1.29, 1.82) is 0 Å². The van der Waals surface area contributed by atoms with E-state index in [9.17, 15) is 23.2 Å². The highest BCUT2D eigenvalue weighted by Gasteiger charge is 2.50. The Hall–Kier alpha value is -3.69. The second-order valence-corrected chi connectivity index (χ2v) is 7.65. The van der Waals surface area contributed by atoms with Crippen LogP contribution in [0.1, 0.15) is 18.1 Å². The van der Waals surface area contributed by atoms with Crippen LogP contribution in [0.2, 0.25) is 0 Å². The molecule has 32 heavy (non-hydrogen) atoms. The van der Waals surface area contributed by atoms with E-state index in [-0.39, 0.29) is 12.1 Å². The molecule has 1 saturated heterocycles. The molecular formula is C22H21F2N3O5. The van der Waals surface area contributed by atoms with Gasteiger partial charge in [-0.25, -0.2) is 13.6 Å². The van der Waals surface area contributed by atoms with E-state index in [1.54, 1.807) is 6.07 Å². The number of hydrogen-bond donors (Lipinski definition) is 2. The van der Waals surface area contributed by atoms with Crippen molar-refractivity contribution in [3.63, 3.8) is 0 Å². The van der Waals surface area contributed by atoms with Gasteiger partial charge in [0.05, 0.1) is 0 Å². The Balaban J connectivity index is 1.35. The molecule has 2 heterocycles. The number of fused-ring (bicyclic) bond motifs is 1. The first-order chi connectivity index (χ1) is 15.3. The Labute approximate surface area is 182 Å². The fourth-order valence-corrected chi connectivity index (χ4v) is 3.69. The Morgan fingerprint density at radius 3 is 2.66 bits per heavy atom. The highest BCUT2D eigenvalue weighted by Crippen LogP contribution is 2.32. The molecule has 4 amide bonds. The number of halogens is 2. The first kappa shape index (κ1) is 21.5. The molecule has 0 spiro atoms. The summed E-state index contributed by atoms with van der Waals surface area (Å²) >= 11 is 0. The lowest BCUT2D eigenvalue weighted by Crippen LogP contribution is -2.44. The summed E-state index contributed by atoms with van der Waals surface area (Å²) in [5.74, 6) is -1.68. The molecule has 4 rings (SSSR count). The van der Waals surface area contributed by atoms with Crippen molar-refractivity contribution in [3.05, 3.63) is 59.2 Å². The Morgan fingerprint density at radius 1 is 1.12 bits per heavy atom. The maximum absolute atomic E-state index is 14.2. The fourth-order valence-electron chi connectivity index (χ4n) is 3.69. The van der Waals surface area contributed by atoms with Gasteiger partial charge in [0, 0.05) is 12.1 Å². The van der Waals surface area contributed by atoms with Crippen molar-refractivity contribution in [2.75, 3.05) is 26.3 Å². The average molecular weight is 445 g/mol. The van der Waals surface area contributed by atoms with E-state index in [4.69, 9.17) is 9.47 Å². The monoisotopic (exact) mass is 445 g/mol. The molecule has 0 bridgehead atoms. The van der Waals surface area contributed by atoms with Crippen LogP contribution in [0, 0.1) is 11.6 Å². The van der Waals surface area contributed by atoms with Gasteiger partial charge in [-0.15, -0.1) is 0 Å². The van der Waals surface area contributed by atoms with Crippen LogP contribution in [0.5, 0.6) is 11.5 Å². The summed E-state index contributed by atoms with van der Waals surface area (Å²) in [6.07, 6.45) is 0.495. The van der Waals surface area contributed by atoms with Gasteiger partial charge in [0.15, 0.2) is 11.5 Å². The molecule has 1 fully saturated rings. The number of carbonyl (C=O) groups excluding carboxylic acids is 3. The molecule has 0 aliphatic carbocycles. The van der Waals surface area contributed by atoms with Crippen LogP contribution in [0.4, 0.5) is 13.6 Å². The summed E-state index contributed by atoms with van der Waals surface area (Å²) in [4.78, 5) is 38.1. The highest BCUT2D eigenvalue weighted by atomic mass is 19.1. The van der Waals surface area contributed by atoms with E-state index < -0.39 is 41.6 Å². The van der Waals surface area contributed by atoms with Crippen LogP contribution < -0.4 is 20.1 Å². The van der Waals surface area contributed by atoms with Crippen LogP contribution in [0.15, 0.2) is 36.4 Å². The van der Waals surface area contributed by atoms with Crippen molar-refractivity contribution < 1.29 is 32.6 Å². The summed E-state index contributed by atoms with van der Waals surface area (Å²) < 4.78 is 38.8. The minimum atomic E-state index is -1.81. The average Bonchev–Trinajstić information content (AvgIpc) is 2.99. The molecule has 2 aliphatic rings. The van der Waals surface area contributed by atoms with Crippen molar-refractivity contribution in [3.8, 4) is 11.5 Å². The van der Waals surface area contributed by atoms with Gasteiger partial charge >= 0.3 is 6.03 Å². The van der Waals surface area contributed by atoms with Gasteiger partial charge in [-0.2, -0.15) is 0 Å². The minimum Gasteiger partial charge on any atom is -0.486 e. The molecule has 10 heteroatoms. The van der Waals surface area contributed by atoms with Gasteiger partial charge in [-0.3, -0.25) is 14.5 Å². The zero-order valence-electron chi connectivity index (χ0n) is 17.2. The maximum Gasteiger partial charge on any atom is 0.325 e. The molecule has 0 aromatic heterocycles. The topological polar surface area (TPSA) is 97.0 Å². The van der Waals surface area contributed by atoms with Gasteiger partial charge in [0.25, 0.3) is 5.91 Å². The predicted octanol–water partition coefficient (Wildman–Crippen LogP) is 1.86. The summed E-state index contributed by atoms with van der Waals surface area (Å²) in [6.45, 7) is 1.95. The van der Waals surface area contributed by atoms with Gasteiger partial charge < -0.3 is 20.1 Å². The van der Waals surface area contributed by atoms with Gasteiger partial charge in [-0.05, 0) is 49.2 Å². The van der Waals surface area contributed by atoms with Crippen LogP contribution in [-0.4, -0.2) is 49.0 Å². The van der Waals surface area contributed by atoms with E-state index in [1.165, 1.54) is 6.92 Å². The Bertz CT molecular complexity index is 1090. The van der Waals surface area contributed by atoms with E-state index in [2.05, 4.69) is 10.6 Å². The quantitative estimate of drug-likeness (QED) is 0.662. The maximum atomic E-state index is 14.2. The predicted molar refractivity (Wildman–Crippen MR) is 108 cm³/mol. The normalized spacial score (nSPS) is 19.7. The molecule has 8 nitrogen and oxygen atoms in total. The molecule has 1 unspecified atom stereocenters. The molecule has 2 aromatic carbocycles. The van der Waals surface area contributed by atoms with Crippen LogP contribution in [-0.2, 0) is 21.5 Å². The highest BCUT2D eigenvalue weighted by molar-refractivity contribution is 6.09. The molecule has 2 aliphatic heterocycles. The minimum absolute atomic E-state index is 0.262. The lowest BCUT2D eigenvalue weighted by atomic mass is 9.91. The van der Waals surface area contributed by atoms with E-state index in [0.29, 0.717) is 36.0 Å².